The first kappa shape index (κ1) is 20.3. The lowest BCUT2D eigenvalue weighted by Crippen LogP contribution is -2.38. The summed E-state index contributed by atoms with van der Waals surface area (Å²) in [6, 6.07) is 5.91. The Morgan fingerprint density at radius 3 is 2.88 bits per heavy atom. The lowest BCUT2D eigenvalue weighted by molar-refractivity contribution is -0.128. The summed E-state index contributed by atoms with van der Waals surface area (Å²) >= 11 is 1.59. The molecule has 1 amide bonds. The summed E-state index contributed by atoms with van der Waals surface area (Å²) in [4.78, 5) is 17.0. The second-order valence-corrected chi connectivity index (χ2v) is 6.98. The van der Waals surface area contributed by atoms with Gasteiger partial charge >= 0.3 is 0 Å². The third-order valence-electron chi connectivity index (χ3n) is 3.67. The Kier molecular flexibility index (Phi) is 7.47. The highest BCUT2D eigenvalue weighted by molar-refractivity contribution is 7.09. The van der Waals surface area contributed by atoms with Crippen molar-refractivity contribution in [3.05, 3.63) is 46.4 Å². The zero-order valence-corrected chi connectivity index (χ0v) is 15.7. The van der Waals surface area contributed by atoms with Crippen molar-refractivity contribution in [2.75, 3.05) is 33.8 Å². The predicted molar refractivity (Wildman–Crippen MR) is 97.8 cm³/mol. The van der Waals surface area contributed by atoms with E-state index in [4.69, 9.17) is 4.74 Å². The fourth-order valence-corrected chi connectivity index (χ4v) is 2.85. The van der Waals surface area contributed by atoms with Crippen LogP contribution in [0.25, 0.3) is 0 Å². The number of alkyl halides is 2. The van der Waals surface area contributed by atoms with E-state index in [1.807, 2.05) is 5.38 Å². The number of nitrogens with one attached hydrogen (secondary N) is 1. The van der Waals surface area contributed by atoms with Gasteiger partial charge in [-0.1, -0.05) is 12.1 Å². The van der Waals surface area contributed by atoms with Gasteiger partial charge in [-0.25, -0.2) is 4.98 Å². The first-order valence-corrected chi connectivity index (χ1v) is 9.17. The highest BCUT2D eigenvalue weighted by Crippen LogP contribution is 2.29. The molecule has 1 heterocycles. The van der Waals surface area contributed by atoms with Gasteiger partial charge in [0.2, 0.25) is 5.91 Å². The molecule has 0 aliphatic rings. The quantitative estimate of drug-likeness (QED) is 0.641. The number of aromatic nitrogens is 1. The van der Waals surface area contributed by atoms with Gasteiger partial charge in [-0.3, -0.25) is 4.79 Å². The van der Waals surface area contributed by atoms with Crippen molar-refractivity contribution in [2.45, 2.75) is 18.8 Å². The molecule has 0 unspecified atom stereocenters. The van der Waals surface area contributed by atoms with Crippen molar-refractivity contribution in [1.82, 2.24) is 15.2 Å². The second kappa shape index (κ2) is 9.59. The van der Waals surface area contributed by atoms with Crippen molar-refractivity contribution in [3.8, 4) is 5.75 Å². The van der Waals surface area contributed by atoms with Gasteiger partial charge < -0.3 is 15.0 Å². The number of hydrogen-bond donors (Lipinski definition) is 1. The van der Waals surface area contributed by atoms with Crippen LogP contribution in [0.5, 0.6) is 5.75 Å². The van der Waals surface area contributed by atoms with Crippen LogP contribution in [0.4, 0.5) is 8.78 Å². The molecule has 0 fully saturated rings. The zero-order chi connectivity index (χ0) is 19.0. The molecule has 0 radical (unpaired) electrons. The highest BCUT2D eigenvalue weighted by atomic mass is 32.1. The van der Waals surface area contributed by atoms with Gasteiger partial charge in [-0.2, -0.15) is 8.78 Å². The highest BCUT2D eigenvalue weighted by Gasteiger charge is 2.31. The average molecular weight is 383 g/mol. The number of rotatable bonds is 10. The van der Waals surface area contributed by atoms with Crippen LogP contribution in [-0.2, 0) is 17.1 Å². The molecule has 0 atom stereocenters. The minimum atomic E-state index is -3.09. The summed E-state index contributed by atoms with van der Waals surface area (Å²) in [5, 5.41) is 5.46. The SMILES string of the molecule is CN(C)C(=O)CNCC(F)(F)c1cccc(OCCCc2nccs2)c1. The molecule has 2 aromatic rings. The molecule has 1 aromatic carbocycles. The maximum atomic E-state index is 14.3. The number of benzene rings is 1. The molecule has 0 saturated heterocycles. The fourth-order valence-electron chi connectivity index (χ4n) is 2.19. The molecule has 0 aliphatic carbocycles. The molecule has 2 rings (SSSR count). The lowest BCUT2D eigenvalue weighted by atomic mass is 10.1. The summed E-state index contributed by atoms with van der Waals surface area (Å²) in [7, 11) is 3.16. The first-order valence-electron chi connectivity index (χ1n) is 8.29. The van der Waals surface area contributed by atoms with Gasteiger partial charge in [0.1, 0.15) is 5.75 Å². The van der Waals surface area contributed by atoms with E-state index in [0.717, 1.165) is 17.8 Å². The Bertz CT molecular complexity index is 694. The molecule has 142 valence electrons. The number of hydrogen-bond acceptors (Lipinski definition) is 5. The Morgan fingerprint density at radius 1 is 1.38 bits per heavy atom. The monoisotopic (exact) mass is 383 g/mol. The Labute approximate surface area is 156 Å². The Morgan fingerprint density at radius 2 is 2.19 bits per heavy atom. The summed E-state index contributed by atoms with van der Waals surface area (Å²) < 4.78 is 34.2. The van der Waals surface area contributed by atoms with Crippen LogP contribution in [-0.4, -0.2) is 49.6 Å². The van der Waals surface area contributed by atoms with E-state index in [9.17, 15) is 13.6 Å². The number of halogens is 2. The van der Waals surface area contributed by atoms with E-state index in [2.05, 4.69) is 10.3 Å². The van der Waals surface area contributed by atoms with E-state index < -0.39 is 12.5 Å². The zero-order valence-electron chi connectivity index (χ0n) is 14.9. The van der Waals surface area contributed by atoms with Crippen LogP contribution in [0.1, 0.15) is 17.0 Å². The van der Waals surface area contributed by atoms with Crippen molar-refractivity contribution >= 4 is 17.2 Å². The van der Waals surface area contributed by atoms with E-state index in [1.165, 1.54) is 17.0 Å². The number of likely N-dealkylation sites (N-methyl/N-ethyl adjacent to an activating group) is 1. The average Bonchev–Trinajstić information content (AvgIpc) is 3.12. The van der Waals surface area contributed by atoms with Crippen LogP contribution in [0.3, 0.4) is 0 Å². The molecule has 0 saturated carbocycles. The van der Waals surface area contributed by atoms with E-state index in [0.29, 0.717) is 12.4 Å². The van der Waals surface area contributed by atoms with Crippen molar-refractivity contribution in [3.63, 3.8) is 0 Å². The predicted octanol–water partition coefficient (Wildman–Crippen LogP) is 2.92. The summed E-state index contributed by atoms with van der Waals surface area (Å²) in [5.74, 6) is -2.93. The van der Waals surface area contributed by atoms with Crippen molar-refractivity contribution < 1.29 is 18.3 Å². The maximum absolute atomic E-state index is 14.3. The summed E-state index contributed by atoms with van der Waals surface area (Å²) in [6.45, 7) is -0.306. The molecule has 8 heteroatoms. The van der Waals surface area contributed by atoms with Gasteiger partial charge in [0.15, 0.2) is 0 Å². The number of carbonyl (C=O) groups excluding carboxylic acids is 1. The molecular formula is C18H23F2N3O2S. The largest absolute Gasteiger partial charge is 0.494 e. The molecule has 26 heavy (non-hydrogen) atoms. The van der Waals surface area contributed by atoms with Crippen LogP contribution in [0.2, 0.25) is 0 Å². The number of carbonyl (C=O) groups is 1. The molecule has 0 spiro atoms. The van der Waals surface area contributed by atoms with Crippen molar-refractivity contribution in [2.24, 2.45) is 0 Å². The summed E-state index contributed by atoms with van der Waals surface area (Å²) in [5.41, 5.74) is -0.139. The van der Waals surface area contributed by atoms with Gasteiger partial charge in [-0.05, 0) is 18.6 Å². The van der Waals surface area contributed by atoms with Crippen LogP contribution < -0.4 is 10.1 Å². The number of nitrogens with zero attached hydrogens (tertiary/aromatic N) is 2. The minimum Gasteiger partial charge on any atom is -0.494 e. The second-order valence-electron chi connectivity index (χ2n) is 6.00. The van der Waals surface area contributed by atoms with Gasteiger partial charge in [0, 0.05) is 37.7 Å². The molecular weight excluding hydrogens is 360 g/mol. The minimum absolute atomic E-state index is 0.129. The Hall–Kier alpha value is -2.06. The van der Waals surface area contributed by atoms with E-state index >= 15 is 0 Å². The van der Waals surface area contributed by atoms with E-state index in [-0.39, 0.29) is 18.0 Å². The third kappa shape index (κ3) is 6.34. The van der Waals surface area contributed by atoms with Crippen LogP contribution in [0.15, 0.2) is 35.8 Å². The maximum Gasteiger partial charge on any atom is 0.285 e. The number of aryl methyl sites for hydroxylation is 1. The van der Waals surface area contributed by atoms with Crippen LogP contribution >= 0.6 is 11.3 Å². The van der Waals surface area contributed by atoms with E-state index in [1.54, 1.807) is 43.8 Å². The van der Waals surface area contributed by atoms with Crippen molar-refractivity contribution in [1.29, 1.82) is 0 Å². The first-order chi connectivity index (χ1) is 12.4. The molecule has 0 bridgehead atoms. The number of amides is 1. The molecule has 0 aliphatic heterocycles. The lowest BCUT2D eigenvalue weighted by Gasteiger charge is -2.19. The Balaban J connectivity index is 1.82. The summed E-state index contributed by atoms with van der Waals surface area (Å²) in [6.07, 6.45) is 3.33. The fraction of sp³-hybridized carbons (Fsp3) is 0.444. The number of ether oxygens (including phenoxy) is 1. The molecule has 1 aromatic heterocycles. The smallest absolute Gasteiger partial charge is 0.285 e. The molecule has 5 nitrogen and oxygen atoms in total. The van der Waals surface area contributed by atoms with Gasteiger partial charge in [0.25, 0.3) is 5.92 Å². The van der Waals surface area contributed by atoms with Crippen LogP contribution in [0, 0.1) is 0 Å². The van der Waals surface area contributed by atoms with Gasteiger partial charge in [-0.15, -0.1) is 11.3 Å². The topological polar surface area (TPSA) is 54.5 Å². The molecule has 1 N–H and O–H groups in total. The normalized spacial score (nSPS) is 11.4. The number of thiazole rings is 1. The third-order valence-corrected chi connectivity index (χ3v) is 4.51. The standard InChI is InChI=1S/C18H23F2N3O2S/c1-23(2)17(24)12-21-13-18(19,20)14-5-3-6-15(11-14)25-9-4-7-16-22-8-10-26-16/h3,5-6,8,10-11,21H,4,7,9,12-13H2,1-2H3. The van der Waals surface area contributed by atoms with Gasteiger partial charge in [0.05, 0.1) is 24.7 Å².